The molecule has 1 fully saturated rings. The van der Waals surface area contributed by atoms with Gasteiger partial charge in [0.05, 0.1) is 4.90 Å². The summed E-state index contributed by atoms with van der Waals surface area (Å²) in [5, 5.41) is 0. The fraction of sp³-hybridized carbons (Fsp3) is 0.462. The molecule has 0 aromatic heterocycles. The van der Waals surface area contributed by atoms with E-state index in [2.05, 4.69) is 6.92 Å². The number of nitrogens with two attached hydrogens (primary N) is 1. The standard InChI is InChI=1S/C13H18N2O2S2/c1-10-5-7-15(8-6-10)19(16,17)12-4-2-3-11(9-12)13(14)18/h2-4,9-10H,5-8H2,1H3,(H2,14,18). The summed E-state index contributed by atoms with van der Waals surface area (Å²) in [6, 6.07) is 6.54. The molecule has 0 unspecified atom stereocenters. The molecule has 19 heavy (non-hydrogen) atoms. The highest BCUT2D eigenvalue weighted by molar-refractivity contribution is 7.89. The number of benzene rings is 1. The van der Waals surface area contributed by atoms with Crippen LogP contribution < -0.4 is 5.73 Å². The molecule has 0 spiro atoms. The molecule has 6 heteroatoms. The molecule has 0 aliphatic carbocycles. The lowest BCUT2D eigenvalue weighted by molar-refractivity contribution is 0.288. The third kappa shape index (κ3) is 3.13. The van der Waals surface area contributed by atoms with Gasteiger partial charge < -0.3 is 5.73 Å². The van der Waals surface area contributed by atoms with Crippen LogP contribution in [0.1, 0.15) is 25.3 Å². The van der Waals surface area contributed by atoms with E-state index in [-0.39, 0.29) is 9.88 Å². The average Bonchev–Trinajstić information content (AvgIpc) is 2.39. The molecule has 104 valence electrons. The van der Waals surface area contributed by atoms with Crippen molar-refractivity contribution in [2.24, 2.45) is 11.7 Å². The normalized spacial score (nSPS) is 18.4. The van der Waals surface area contributed by atoms with Gasteiger partial charge >= 0.3 is 0 Å². The van der Waals surface area contributed by atoms with Crippen molar-refractivity contribution in [3.8, 4) is 0 Å². The number of piperidine rings is 1. The molecule has 1 aromatic rings. The van der Waals surface area contributed by atoms with Gasteiger partial charge in [0.1, 0.15) is 4.99 Å². The molecule has 0 atom stereocenters. The van der Waals surface area contributed by atoms with Crippen molar-refractivity contribution in [3.05, 3.63) is 29.8 Å². The molecule has 0 bridgehead atoms. The Hall–Kier alpha value is -0.980. The van der Waals surface area contributed by atoms with Gasteiger partial charge in [-0.05, 0) is 30.9 Å². The summed E-state index contributed by atoms with van der Waals surface area (Å²) in [5.74, 6) is 0.592. The van der Waals surface area contributed by atoms with Gasteiger partial charge in [-0.3, -0.25) is 0 Å². The summed E-state index contributed by atoms with van der Waals surface area (Å²) in [6.07, 6.45) is 1.82. The summed E-state index contributed by atoms with van der Waals surface area (Å²) in [6.45, 7) is 3.32. The first-order valence-electron chi connectivity index (χ1n) is 6.31. The van der Waals surface area contributed by atoms with E-state index < -0.39 is 10.0 Å². The molecule has 2 rings (SSSR count). The first-order chi connectivity index (χ1) is 8.91. The highest BCUT2D eigenvalue weighted by Gasteiger charge is 2.28. The Bertz CT molecular complexity index is 576. The lowest BCUT2D eigenvalue weighted by Gasteiger charge is -2.29. The lowest BCUT2D eigenvalue weighted by Crippen LogP contribution is -2.37. The molecule has 0 amide bonds. The second kappa shape index (κ2) is 5.56. The van der Waals surface area contributed by atoms with Gasteiger partial charge in [-0.15, -0.1) is 0 Å². The second-order valence-electron chi connectivity index (χ2n) is 4.98. The van der Waals surface area contributed by atoms with Gasteiger partial charge in [-0.2, -0.15) is 4.31 Å². The smallest absolute Gasteiger partial charge is 0.243 e. The van der Waals surface area contributed by atoms with Crippen molar-refractivity contribution in [1.82, 2.24) is 4.31 Å². The maximum Gasteiger partial charge on any atom is 0.243 e. The third-order valence-electron chi connectivity index (χ3n) is 3.50. The van der Waals surface area contributed by atoms with Gasteiger partial charge in [-0.1, -0.05) is 31.3 Å². The Morgan fingerprint density at radius 2 is 2.00 bits per heavy atom. The van der Waals surface area contributed by atoms with Crippen LogP contribution in [0.5, 0.6) is 0 Å². The topological polar surface area (TPSA) is 63.4 Å². The van der Waals surface area contributed by atoms with Crippen LogP contribution in [0, 0.1) is 5.92 Å². The Kier molecular flexibility index (Phi) is 4.23. The van der Waals surface area contributed by atoms with Crippen LogP contribution >= 0.6 is 12.2 Å². The van der Waals surface area contributed by atoms with Gasteiger partial charge in [0, 0.05) is 18.7 Å². The summed E-state index contributed by atoms with van der Waals surface area (Å²) < 4.78 is 26.6. The minimum absolute atomic E-state index is 0.212. The zero-order valence-corrected chi connectivity index (χ0v) is 12.5. The first-order valence-corrected chi connectivity index (χ1v) is 8.16. The first kappa shape index (κ1) is 14.4. The number of thiocarbonyl (C=S) groups is 1. The van der Waals surface area contributed by atoms with E-state index in [1.165, 1.54) is 0 Å². The number of nitrogens with zero attached hydrogens (tertiary/aromatic N) is 1. The highest BCUT2D eigenvalue weighted by atomic mass is 32.2. The Morgan fingerprint density at radius 1 is 1.37 bits per heavy atom. The van der Waals surface area contributed by atoms with Crippen molar-refractivity contribution in [1.29, 1.82) is 0 Å². The molecular weight excluding hydrogens is 280 g/mol. The van der Waals surface area contributed by atoms with Crippen LogP contribution in [0.15, 0.2) is 29.2 Å². The predicted octanol–water partition coefficient (Wildman–Crippen LogP) is 1.74. The fourth-order valence-corrected chi connectivity index (χ4v) is 3.83. The van der Waals surface area contributed by atoms with Crippen LogP contribution in [0.2, 0.25) is 0 Å². The van der Waals surface area contributed by atoms with Crippen molar-refractivity contribution in [3.63, 3.8) is 0 Å². The van der Waals surface area contributed by atoms with E-state index in [9.17, 15) is 8.42 Å². The van der Waals surface area contributed by atoms with Crippen molar-refractivity contribution in [2.45, 2.75) is 24.7 Å². The predicted molar refractivity (Wildman–Crippen MR) is 79.5 cm³/mol. The monoisotopic (exact) mass is 298 g/mol. The molecule has 1 aliphatic heterocycles. The van der Waals surface area contributed by atoms with E-state index in [0.29, 0.717) is 24.6 Å². The molecule has 1 aliphatic rings. The minimum atomic E-state index is -3.42. The van der Waals surface area contributed by atoms with E-state index in [1.54, 1.807) is 28.6 Å². The SMILES string of the molecule is CC1CCN(S(=O)(=O)c2cccc(C(N)=S)c2)CC1. The summed E-state index contributed by atoms with van der Waals surface area (Å²) in [7, 11) is -3.42. The Balaban J connectivity index is 2.29. The minimum Gasteiger partial charge on any atom is -0.389 e. The lowest BCUT2D eigenvalue weighted by atomic mass is 10.0. The van der Waals surface area contributed by atoms with E-state index in [1.807, 2.05) is 0 Å². The number of sulfonamides is 1. The second-order valence-corrected chi connectivity index (χ2v) is 7.36. The summed E-state index contributed by atoms with van der Waals surface area (Å²) in [4.78, 5) is 0.483. The average molecular weight is 298 g/mol. The van der Waals surface area contributed by atoms with E-state index in [4.69, 9.17) is 18.0 Å². The van der Waals surface area contributed by atoms with Gasteiger partial charge in [0.2, 0.25) is 10.0 Å². The van der Waals surface area contributed by atoms with Gasteiger partial charge in [0.15, 0.2) is 0 Å². The zero-order valence-electron chi connectivity index (χ0n) is 10.9. The number of hydrogen-bond donors (Lipinski definition) is 1. The largest absolute Gasteiger partial charge is 0.389 e. The molecule has 4 nitrogen and oxygen atoms in total. The maximum absolute atomic E-state index is 12.5. The van der Waals surface area contributed by atoms with Crippen LogP contribution in [0.25, 0.3) is 0 Å². The van der Waals surface area contributed by atoms with Crippen LogP contribution in [-0.4, -0.2) is 30.8 Å². The van der Waals surface area contributed by atoms with Crippen LogP contribution in [-0.2, 0) is 10.0 Å². The zero-order chi connectivity index (χ0) is 14.0. The van der Waals surface area contributed by atoms with Crippen molar-refractivity contribution < 1.29 is 8.42 Å². The molecule has 1 saturated heterocycles. The van der Waals surface area contributed by atoms with Crippen LogP contribution in [0.4, 0.5) is 0 Å². The van der Waals surface area contributed by atoms with Crippen LogP contribution in [0.3, 0.4) is 0 Å². The van der Waals surface area contributed by atoms with E-state index in [0.717, 1.165) is 12.8 Å². The van der Waals surface area contributed by atoms with Gasteiger partial charge in [-0.25, -0.2) is 8.42 Å². The van der Waals surface area contributed by atoms with Gasteiger partial charge in [0.25, 0.3) is 0 Å². The summed E-state index contributed by atoms with van der Waals surface area (Å²) in [5.41, 5.74) is 6.13. The fourth-order valence-electron chi connectivity index (χ4n) is 2.18. The van der Waals surface area contributed by atoms with Crippen molar-refractivity contribution in [2.75, 3.05) is 13.1 Å². The molecule has 2 N–H and O–H groups in total. The quantitative estimate of drug-likeness (QED) is 0.863. The number of rotatable bonds is 3. The third-order valence-corrected chi connectivity index (χ3v) is 5.63. The Labute approximate surface area is 119 Å². The summed E-state index contributed by atoms with van der Waals surface area (Å²) >= 11 is 4.89. The highest BCUT2D eigenvalue weighted by Crippen LogP contribution is 2.23. The molecule has 1 aromatic carbocycles. The molecule has 1 heterocycles. The Morgan fingerprint density at radius 3 is 2.58 bits per heavy atom. The van der Waals surface area contributed by atoms with Crippen molar-refractivity contribution >= 4 is 27.2 Å². The van der Waals surface area contributed by atoms with E-state index >= 15 is 0 Å². The maximum atomic E-state index is 12.5. The molecule has 0 saturated carbocycles. The molecular formula is C13H18N2O2S2. The molecule has 0 radical (unpaired) electrons. The number of hydrogen-bond acceptors (Lipinski definition) is 3.